The van der Waals surface area contributed by atoms with E-state index in [1.54, 1.807) is 0 Å². The van der Waals surface area contributed by atoms with Gasteiger partial charge in [0.15, 0.2) is 0 Å². The van der Waals surface area contributed by atoms with Crippen LogP contribution in [0, 0.1) is 17.3 Å². The van der Waals surface area contributed by atoms with Crippen molar-refractivity contribution in [3.8, 4) is 0 Å². The van der Waals surface area contributed by atoms with Crippen LogP contribution in [0.2, 0.25) is 0 Å². The van der Waals surface area contributed by atoms with E-state index < -0.39 is 0 Å². The van der Waals surface area contributed by atoms with Crippen LogP contribution in [-0.4, -0.2) is 24.5 Å². The minimum absolute atomic E-state index is 0.442. The third kappa shape index (κ3) is 3.27. The minimum Gasteiger partial charge on any atom is -0.303 e. The Hall–Kier alpha value is -0.0400. The molecule has 1 nitrogen and oxygen atoms in total. The Balaban J connectivity index is 2.35. The van der Waals surface area contributed by atoms with Gasteiger partial charge in [0, 0.05) is 12.6 Å². The molecule has 0 saturated heterocycles. The van der Waals surface area contributed by atoms with Gasteiger partial charge in [0.05, 0.1) is 0 Å². The van der Waals surface area contributed by atoms with E-state index in [1.807, 2.05) is 0 Å². The molecule has 0 bridgehead atoms. The molecule has 1 saturated carbocycles. The number of nitrogens with zero attached hydrogens (tertiary/aromatic N) is 1. The first-order chi connectivity index (χ1) is 6.32. The van der Waals surface area contributed by atoms with Crippen LogP contribution in [0.15, 0.2) is 0 Å². The van der Waals surface area contributed by atoms with Crippen molar-refractivity contribution in [2.75, 3.05) is 13.6 Å². The normalized spacial score (nSPS) is 22.5. The van der Waals surface area contributed by atoms with Crippen LogP contribution in [0.1, 0.15) is 47.5 Å². The lowest BCUT2D eigenvalue weighted by Crippen LogP contribution is -2.37. The average Bonchev–Trinajstić information content (AvgIpc) is 2.83. The van der Waals surface area contributed by atoms with Crippen molar-refractivity contribution >= 4 is 0 Å². The summed E-state index contributed by atoms with van der Waals surface area (Å²) >= 11 is 0. The summed E-state index contributed by atoms with van der Waals surface area (Å²) in [5, 5.41) is 0. The third-order valence-electron chi connectivity index (χ3n) is 4.04. The molecule has 1 aliphatic rings. The lowest BCUT2D eigenvalue weighted by Gasteiger charge is -2.34. The standard InChI is InChI=1S/C13H27N/c1-10(13(3,4)5)9-14(6)11(2)12-7-8-12/h10-12H,7-9H2,1-6H3. The number of rotatable bonds is 4. The molecule has 0 amide bonds. The predicted octanol–water partition coefficient (Wildman–Crippen LogP) is 3.40. The molecule has 0 N–H and O–H groups in total. The summed E-state index contributed by atoms with van der Waals surface area (Å²) in [5.74, 6) is 1.76. The van der Waals surface area contributed by atoms with Gasteiger partial charge in [-0.25, -0.2) is 0 Å². The maximum absolute atomic E-state index is 2.55. The summed E-state index contributed by atoms with van der Waals surface area (Å²) in [6.45, 7) is 13.0. The van der Waals surface area contributed by atoms with E-state index in [0.717, 1.165) is 17.9 Å². The zero-order chi connectivity index (χ0) is 10.9. The largest absolute Gasteiger partial charge is 0.303 e. The van der Waals surface area contributed by atoms with Gasteiger partial charge < -0.3 is 4.90 Å². The summed E-state index contributed by atoms with van der Waals surface area (Å²) in [6.07, 6.45) is 2.91. The van der Waals surface area contributed by atoms with E-state index in [-0.39, 0.29) is 0 Å². The molecule has 0 radical (unpaired) electrons. The molecule has 1 aliphatic carbocycles. The highest BCUT2D eigenvalue weighted by Crippen LogP contribution is 2.35. The van der Waals surface area contributed by atoms with Crippen molar-refractivity contribution in [2.45, 2.75) is 53.5 Å². The van der Waals surface area contributed by atoms with Gasteiger partial charge in [0.25, 0.3) is 0 Å². The molecule has 84 valence electrons. The van der Waals surface area contributed by atoms with Crippen LogP contribution in [-0.2, 0) is 0 Å². The quantitative estimate of drug-likeness (QED) is 0.667. The summed E-state index contributed by atoms with van der Waals surface area (Å²) in [7, 11) is 2.28. The Morgan fingerprint density at radius 1 is 1.21 bits per heavy atom. The van der Waals surface area contributed by atoms with E-state index in [4.69, 9.17) is 0 Å². The zero-order valence-electron chi connectivity index (χ0n) is 10.8. The summed E-state index contributed by atoms with van der Waals surface area (Å²) in [6, 6.07) is 0.791. The van der Waals surface area contributed by atoms with Gasteiger partial charge in [0.2, 0.25) is 0 Å². The van der Waals surface area contributed by atoms with Crippen molar-refractivity contribution in [1.82, 2.24) is 4.90 Å². The predicted molar refractivity (Wildman–Crippen MR) is 63.4 cm³/mol. The van der Waals surface area contributed by atoms with Crippen molar-refractivity contribution in [2.24, 2.45) is 17.3 Å². The van der Waals surface area contributed by atoms with Gasteiger partial charge in [0.1, 0.15) is 0 Å². The van der Waals surface area contributed by atoms with E-state index in [9.17, 15) is 0 Å². The average molecular weight is 197 g/mol. The molecule has 0 heterocycles. The molecule has 0 aromatic heterocycles. The van der Waals surface area contributed by atoms with Crippen LogP contribution in [0.5, 0.6) is 0 Å². The Morgan fingerprint density at radius 3 is 2.07 bits per heavy atom. The van der Waals surface area contributed by atoms with Gasteiger partial charge >= 0.3 is 0 Å². The first-order valence-corrected chi connectivity index (χ1v) is 6.02. The highest BCUT2D eigenvalue weighted by atomic mass is 15.1. The SMILES string of the molecule is CC(C1CC1)N(C)CC(C)C(C)(C)C. The fourth-order valence-corrected chi connectivity index (χ4v) is 1.81. The molecule has 0 spiro atoms. The van der Waals surface area contributed by atoms with Crippen molar-refractivity contribution < 1.29 is 0 Å². The zero-order valence-corrected chi connectivity index (χ0v) is 10.8. The van der Waals surface area contributed by atoms with E-state index in [1.165, 1.54) is 19.4 Å². The molecule has 1 rings (SSSR count). The minimum atomic E-state index is 0.442. The number of hydrogen-bond donors (Lipinski definition) is 0. The summed E-state index contributed by atoms with van der Waals surface area (Å²) in [4.78, 5) is 2.55. The lowest BCUT2D eigenvalue weighted by atomic mass is 9.81. The molecular formula is C13H27N. The second-order valence-electron chi connectivity index (χ2n) is 6.28. The molecular weight excluding hydrogens is 170 g/mol. The Morgan fingerprint density at radius 2 is 1.71 bits per heavy atom. The van der Waals surface area contributed by atoms with Crippen molar-refractivity contribution in [1.29, 1.82) is 0 Å². The monoisotopic (exact) mass is 197 g/mol. The lowest BCUT2D eigenvalue weighted by molar-refractivity contribution is 0.145. The third-order valence-corrected chi connectivity index (χ3v) is 4.04. The van der Waals surface area contributed by atoms with Gasteiger partial charge in [-0.1, -0.05) is 27.7 Å². The molecule has 1 heteroatoms. The number of hydrogen-bond acceptors (Lipinski definition) is 1. The van der Waals surface area contributed by atoms with Gasteiger partial charge in [-0.3, -0.25) is 0 Å². The summed E-state index contributed by atoms with van der Waals surface area (Å²) in [5.41, 5.74) is 0.442. The maximum Gasteiger partial charge on any atom is 0.00922 e. The van der Waals surface area contributed by atoms with Crippen LogP contribution in [0.4, 0.5) is 0 Å². The van der Waals surface area contributed by atoms with Crippen molar-refractivity contribution in [3.63, 3.8) is 0 Å². The Bertz CT molecular complexity index is 176. The van der Waals surface area contributed by atoms with Crippen LogP contribution < -0.4 is 0 Å². The maximum atomic E-state index is 2.55. The molecule has 2 unspecified atom stereocenters. The van der Waals surface area contributed by atoms with E-state index in [0.29, 0.717) is 5.41 Å². The second kappa shape index (κ2) is 4.22. The van der Waals surface area contributed by atoms with E-state index >= 15 is 0 Å². The van der Waals surface area contributed by atoms with Gasteiger partial charge in [-0.05, 0) is 44.1 Å². The molecule has 1 fully saturated rings. The fraction of sp³-hybridized carbons (Fsp3) is 1.00. The van der Waals surface area contributed by atoms with Crippen molar-refractivity contribution in [3.05, 3.63) is 0 Å². The molecule has 2 atom stereocenters. The van der Waals surface area contributed by atoms with Crippen LogP contribution in [0.25, 0.3) is 0 Å². The van der Waals surface area contributed by atoms with Gasteiger partial charge in [-0.2, -0.15) is 0 Å². The molecule has 0 aromatic carbocycles. The fourth-order valence-electron chi connectivity index (χ4n) is 1.81. The smallest absolute Gasteiger partial charge is 0.00922 e. The first-order valence-electron chi connectivity index (χ1n) is 6.02. The van der Waals surface area contributed by atoms with Gasteiger partial charge in [-0.15, -0.1) is 0 Å². The highest BCUT2D eigenvalue weighted by molar-refractivity contribution is 4.85. The highest BCUT2D eigenvalue weighted by Gasteiger charge is 2.32. The van der Waals surface area contributed by atoms with Crippen LogP contribution >= 0.6 is 0 Å². The second-order valence-corrected chi connectivity index (χ2v) is 6.28. The molecule has 0 aliphatic heterocycles. The van der Waals surface area contributed by atoms with E-state index in [2.05, 4.69) is 46.6 Å². The molecule has 14 heavy (non-hydrogen) atoms. The van der Waals surface area contributed by atoms with Crippen LogP contribution in [0.3, 0.4) is 0 Å². The Labute approximate surface area is 89.9 Å². The Kier molecular flexibility index (Phi) is 3.63. The summed E-state index contributed by atoms with van der Waals surface area (Å²) < 4.78 is 0. The topological polar surface area (TPSA) is 3.24 Å². The first kappa shape index (κ1) is 12.0. The molecule has 0 aromatic rings.